The van der Waals surface area contributed by atoms with Crippen LogP contribution in [0.1, 0.15) is 0 Å². The molecule has 0 amide bonds. The molecule has 8 aromatic carbocycles. The predicted molar refractivity (Wildman–Crippen MR) is 207 cm³/mol. The normalized spacial score (nSPS) is 12.0. The molecule has 0 saturated carbocycles. The first-order valence-electron chi connectivity index (χ1n) is 16.9. The van der Waals surface area contributed by atoms with Gasteiger partial charge in [-0.1, -0.05) is 127 Å². The largest absolute Gasteiger partial charge is 0.455 e. The summed E-state index contributed by atoms with van der Waals surface area (Å²) in [5, 5.41) is 9.55. The molecule has 0 N–H and O–H groups in total. The average Bonchev–Trinajstić information content (AvgIpc) is 3.75. The molecule has 0 atom stereocenters. The van der Waals surface area contributed by atoms with Crippen molar-refractivity contribution in [2.75, 3.05) is 0 Å². The summed E-state index contributed by atoms with van der Waals surface area (Å²) in [7, 11) is 0. The fourth-order valence-corrected chi connectivity index (χ4v) is 8.05. The number of hydrogen-bond donors (Lipinski definition) is 0. The molecule has 3 heterocycles. The standard InChI is InChI=1S/C46H27N3O/c1-2-14-28(15-3-1)43-44(48-37-23-11-10-22-36(37)47-43)35-26-27-39(42-34-21-9-13-25-40(34)50-46(35)42)49-38-24-12-8-20-33(38)41-31-18-6-4-16-29(31)30-17-5-7-19-32(30)45(41)49/h1-27H. The SMILES string of the molecule is c1ccc(-c2nc3ccccc3nc2-c2ccc(-n3c4ccccc4c4c5ccccc5c5ccccc5c43)c3c2oc2ccccc23)cc1. The van der Waals surface area contributed by atoms with Gasteiger partial charge in [-0.2, -0.15) is 0 Å². The predicted octanol–water partition coefficient (Wildman–Crippen LogP) is 12.3. The lowest BCUT2D eigenvalue weighted by molar-refractivity contribution is 0.669. The molecular formula is C46H27N3O. The zero-order chi connectivity index (χ0) is 32.8. The first-order chi connectivity index (χ1) is 24.8. The van der Waals surface area contributed by atoms with Crippen LogP contribution < -0.4 is 0 Å². The van der Waals surface area contributed by atoms with E-state index in [1.165, 1.54) is 37.8 Å². The van der Waals surface area contributed by atoms with Gasteiger partial charge in [0.2, 0.25) is 0 Å². The van der Waals surface area contributed by atoms with Crippen molar-refractivity contribution in [3.05, 3.63) is 164 Å². The second-order valence-corrected chi connectivity index (χ2v) is 12.9. The lowest BCUT2D eigenvalue weighted by Gasteiger charge is -2.15. The van der Waals surface area contributed by atoms with E-state index >= 15 is 0 Å². The van der Waals surface area contributed by atoms with Crippen LogP contribution in [0.25, 0.3) is 105 Å². The van der Waals surface area contributed by atoms with Gasteiger partial charge in [-0.05, 0) is 52.6 Å². The van der Waals surface area contributed by atoms with Gasteiger partial charge in [0.05, 0.1) is 38.8 Å². The van der Waals surface area contributed by atoms with E-state index in [0.717, 1.165) is 66.7 Å². The fourth-order valence-electron chi connectivity index (χ4n) is 8.05. The number of para-hydroxylation sites is 4. The van der Waals surface area contributed by atoms with Gasteiger partial charge < -0.3 is 8.98 Å². The molecule has 232 valence electrons. The maximum Gasteiger partial charge on any atom is 0.147 e. The van der Waals surface area contributed by atoms with Crippen LogP contribution in [-0.4, -0.2) is 14.5 Å². The quantitative estimate of drug-likeness (QED) is 0.181. The third-order valence-corrected chi connectivity index (χ3v) is 10.2. The monoisotopic (exact) mass is 637 g/mol. The zero-order valence-corrected chi connectivity index (χ0v) is 26.8. The maximum absolute atomic E-state index is 6.88. The lowest BCUT2D eigenvalue weighted by atomic mass is 9.96. The number of rotatable bonds is 3. The number of aromatic nitrogens is 3. The molecule has 11 rings (SSSR count). The number of fused-ring (bicyclic) bond motifs is 12. The lowest BCUT2D eigenvalue weighted by Crippen LogP contribution is -1.99. The van der Waals surface area contributed by atoms with E-state index in [4.69, 9.17) is 14.4 Å². The van der Waals surface area contributed by atoms with Gasteiger partial charge in [0.1, 0.15) is 16.9 Å². The van der Waals surface area contributed by atoms with Gasteiger partial charge in [0.15, 0.2) is 0 Å². The minimum absolute atomic E-state index is 0.793. The van der Waals surface area contributed by atoms with Gasteiger partial charge in [-0.3, -0.25) is 0 Å². The van der Waals surface area contributed by atoms with Gasteiger partial charge in [-0.25, -0.2) is 9.97 Å². The van der Waals surface area contributed by atoms with E-state index in [2.05, 4.69) is 120 Å². The Balaban J connectivity index is 1.32. The average molecular weight is 638 g/mol. The van der Waals surface area contributed by atoms with Gasteiger partial charge in [0, 0.05) is 32.7 Å². The molecule has 0 fully saturated rings. The minimum atomic E-state index is 0.793. The molecule has 0 aliphatic rings. The van der Waals surface area contributed by atoms with Crippen LogP contribution in [0, 0.1) is 0 Å². The Labute approximate surface area is 286 Å². The Morgan fingerprint density at radius 2 is 1.00 bits per heavy atom. The third kappa shape index (κ3) is 3.76. The zero-order valence-electron chi connectivity index (χ0n) is 26.8. The Bertz CT molecular complexity index is 3150. The summed E-state index contributed by atoms with van der Waals surface area (Å²) in [6, 6.07) is 57.5. The summed E-state index contributed by atoms with van der Waals surface area (Å²) in [5.74, 6) is 0. The molecule has 0 aliphatic heterocycles. The third-order valence-electron chi connectivity index (χ3n) is 10.2. The van der Waals surface area contributed by atoms with Crippen LogP contribution >= 0.6 is 0 Å². The van der Waals surface area contributed by atoms with Crippen molar-refractivity contribution in [1.29, 1.82) is 0 Å². The minimum Gasteiger partial charge on any atom is -0.455 e. The van der Waals surface area contributed by atoms with E-state index in [1.807, 2.05) is 48.5 Å². The van der Waals surface area contributed by atoms with Crippen LogP contribution in [0.5, 0.6) is 0 Å². The summed E-state index contributed by atoms with van der Waals surface area (Å²) < 4.78 is 9.34. The first kappa shape index (κ1) is 27.2. The summed E-state index contributed by atoms with van der Waals surface area (Å²) in [4.78, 5) is 10.5. The Morgan fingerprint density at radius 3 is 1.78 bits per heavy atom. The Morgan fingerprint density at radius 1 is 0.420 bits per heavy atom. The van der Waals surface area contributed by atoms with E-state index < -0.39 is 0 Å². The Kier molecular flexibility index (Phi) is 5.63. The molecule has 0 bridgehead atoms. The topological polar surface area (TPSA) is 43.9 Å². The highest BCUT2D eigenvalue weighted by atomic mass is 16.3. The fraction of sp³-hybridized carbons (Fsp3) is 0. The van der Waals surface area contributed by atoms with Crippen LogP contribution in [0.3, 0.4) is 0 Å². The molecule has 3 aromatic heterocycles. The summed E-state index contributed by atoms with van der Waals surface area (Å²) in [6.45, 7) is 0. The van der Waals surface area contributed by atoms with Gasteiger partial charge >= 0.3 is 0 Å². The highest BCUT2D eigenvalue weighted by Gasteiger charge is 2.25. The van der Waals surface area contributed by atoms with Crippen LogP contribution in [-0.2, 0) is 0 Å². The smallest absolute Gasteiger partial charge is 0.147 e. The second-order valence-electron chi connectivity index (χ2n) is 12.9. The van der Waals surface area contributed by atoms with Crippen molar-refractivity contribution in [2.45, 2.75) is 0 Å². The van der Waals surface area contributed by atoms with Gasteiger partial charge in [0.25, 0.3) is 0 Å². The molecule has 50 heavy (non-hydrogen) atoms. The van der Waals surface area contributed by atoms with Crippen molar-refractivity contribution in [3.8, 4) is 28.2 Å². The molecule has 0 spiro atoms. The number of hydrogen-bond acceptors (Lipinski definition) is 3. The summed E-state index contributed by atoms with van der Waals surface area (Å²) >= 11 is 0. The van der Waals surface area contributed by atoms with Crippen molar-refractivity contribution >= 4 is 76.3 Å². The van der Waals surface area contributed by atoms with Crippen molar-refractivity contribution in [3.63, 3.8) is 0 Å². The molecule has 4 nitrogen and oxygen atoms in total. The van der Waals surface area contributed by atoms with Crippen molar-refractivity contribution < 1.29 is 4.42 Å². The molecule has 0 radical (unpaired) electrons. The van der Waals surface area contributed by atoms with E-state index in [-0.39, 0.29) is 0 Å². The van der Waals surface area contributed by atoms with Crippen LogP contribution in [0.15, 0.2) is 168 Å². The molecular weight excluding hydrogens is 611 g/mol. The second kappa shape index (κ2) is 10.4. The van der Waals surface area contributed by atoms with Gasteiger partial charge in [-0.15, -0.1) is 0 Å². The highest BCUT2D eigenvalue weighted by molar-refractivity contribution is 6.32. The summed E-state index contributed by atoms with van der Waals surface area (Å²) in [6.07, 6.45) is 0. The van der Waals surface area contributed by atoms with Crippen molar-refractivity contribution in [2.24, 2.45) is 0 Å². The van der Waals surface area contributed by atoms with Crippen molar-refractivity contribution in [1.82, 2.24) is 14.5 Å². The van der Waals surface area contributed by atoms with E-state index in [1.54, 1.807) is 0 Å². The number of furan rings is 1. The first-order valence-corrected chi connectivity index (χ1v) is 16.9. The molecule has 11 aromatic rings. The molecule has 0 unspecified atom stereocenters. The number of benzene rings is 8. The highest BCUT2D eigenvalue weighted by Crippen LogP contribution is 2.46. The molecule has 0 aliphatic carbocycles. The molecule has 0 saturated heterocycles. The van der Waals surface area contributed by atoms with E-state index in [9.17, 15) is 0 Å². The van der Waals surface area contributed by atoms with Crippen LogP contribution in [0.2, 0.25) is 0 Å². The Hall–Kier alpha value is -6.78. The molecule has 4 heteroatoms. The van der Waals surface area contributed by atoms with Crippen LogP contribution in [0.4, 0.5) is 0 Å². The summed E-state index contributed by atoms with van der Waals surface area (Å²) in [5.41, 5.74) is 10.3. The number of nitrogens with zero attached hydrogens (tertiary/aromatic N) is 3. The van der Waals surface area contributed by atoms with E-state index in [0.29, 0.717) is 0 Å². The maximum atomic E-state index is 6.88.